The Balaban J connectivity index is 1.85. The summed E-state index contributed by atoms with van der Waals surface area (Å²) in [4.78, 5) is 28.7. The van der Waals surface area contributed by atoms with Crippen molar-refractivity contribution in [3.63, 3.8) is 0 Å². The number of carbonyl (C=O) groups excluding carboxylic acids is 2. The van der Waals surface area contributed by atoms with E-state index in [1.54, 1.807) is 30.2 Å². The molecule has 0 bridgehead atoms. The Morgan fingerprint density at radius 1 is 1.00 bits per heavy atom. The molecule has 196 valence electrons. The van der Waals surface area contributed by atoms with Gasteiger partial charge in [-0.25, -0.2) is 4.39 Å². The molecule has 0 radical (unpaired) electrons. The van der Waals surface area contributed by atoms with Crippen LogP contribution in [0.15, 0.2) is 78.9 Å². The first-order valence-electron chi connectivity index (χ1n) is 12.6. The molecule has 1 atom stereocenters. The summed E-state index contributed by atoms with van der Waals surface area (Å²) in [6.45, 7) is 2.89. The number of carbonyl (C=O) groups is 2. The van der Waals surface area contributed by atoms with Crippen LogP contribution in [-0.2, 0) is 28.3 Å². The van der Waals surface area contributed by atoms with Crippen molar-refractivity contribution in [2.75, 3.05) is 19.4 Å². The summed E-state index contributed by atoms with van der Waals surface area (Å²) >= 11 is 1.34. The topological polar surface area (TPSA) is 58.6 Å². The number of hydrogen-bond acceptors (Lipinski definition) is 4. The van der Waals surface area contributed by atoms with Gasteiger partial charge in [-0.2, -0.15) is 0 Å². The number of unbranched alkanes of at least 4 members (excludes halogenated alkanes) is 1. The Labute approximate surface area is 223 Å². The summed E-state index contributed by atoms with van der Waals surface area (Å²) in [5.74, 6) is 0.561. The molecule has 3 rings (SSSR count). The number of halogens is 1. The summed E-state index contributed by atoms with van der Waals surface area (Å²) in [6.07, 6.45) is 2.22. The van der Waals surface area contributed by atoms with Crippen molar-refractivity contribution in [2.45, 2.75) is 44.5 Å². The Morgan fingerprint density at radius 3 is 2.46 bits per heavy atom. The quantitative estimate of drug-likeness (QED) is 0.279. The summed E-state index contributed by atoms with van der Waals surface area (Å²) in [6, 6.07) is 23.1. The van der Waals surface area contributed by atoms with Crippen molar-refractivity contribution < 1.29 is 18.7 Å². The van der Waals surface area contributed by atoms with Crippen molar-refractivity contribution in [3.05, 3.63) is 101 Å². The maximum absolute atomic E-state index is 14.1. The molecule has 0 spiro atoms. The lowest BCUT2D eigenvalue weighted by Gasteiger charge is -2.31. The van der Waals surface area contributed by atoms with E-state index >= 15 is 0 Å². The summed E-state index contributed by atoms with van der Waals surface area (Å²) in [5, 5.41) is 3.02. The van der Waals surface area contributed by atoms with Crippen LogP contribution >= 0.6 is 11.8 Å². The molecule has 0 unspecified atom stereocenters. The number of rotatable bonds is 14. The third-order valence-corrected chi connectivity index (χ3v) is 6.99. The fourth-order valence-electron chi connectivity index (χ4n) is 3.97. The van der Waals surface area contributed by atoms with Gasteiger partial charge < -0.3 is 15.0 Å². The summed E-state index contributed by atoms with van der Waals surface area (Å²) < 4.78 is 19.5. The number of ether oxygens (including phenoxy) is 1. The standard InChI is InChI=1S/C30H35FN2O3S/c1-3-4-17-32-30(35)28(19-23-11-6-5-7-12-23)33(20-24-13-10-15-26(18-24)36-2)29(34)22-37-21-25-14-8-9-16-27(25)31/h5-16,18,28H,3-4,17,19-22H2,1-2H3,(H,32,35)/t28-/m1/s1. The predicted octanol–water partition coefficient (Wildman–Crippen LogP) is 5.62. The van der Waals surface area contributed by atoms with Gasteiger partial charge in [0.25, 0.3) is 0 Å². The molecule has 0 saturated carbocycles. The maximum atomic E-state index is 14.1. The minimum atomic E-state index is -0.688. The molecule has 1 N–H and O–H groups in total. The molecule has 2 amide bonds. The van der Waals surface area contributed by atoms with Gasteiger partial charge in [0, 0.05) is 25.3 Å². The van der Waals surface area contributed by atoms with Gasteiger partial charge in [0.15, 0.2) is 0 Å². The predicted molar refractivity (Wildman–Crippen MR) is 148 cm³/mol. The first-order chi connectivity index (χ1) is 18.0. The van der Waals surface area contributed by atoms with Crippen molar-refractivity contribution in [1.29, 1.82) is 0 Å². The molecule has 0 aliphatic heterocycles. The molecule has 7 heteroatoms. The molecule has 37 heavy (non-hydrogen) atoms. The molecule has 3 aromatic carbocycles. The van der Waals surface area contributed by atoms with Crippen molar-refractivity contribution >= 4 is 23.6 Å². The molecule has 0 fully saturated rings. The van der Waals surface area contributed by atoms with Crippen LogP contribution in [0, 0.1) is 5.82 Å². The second-order valence-corrected chi connectivity index (χ2v) is 9.79. The number of nitrogens with zero attached hydrogens (tertiary/aromatic N) is 1. The number of hydrogen-bond donors (Lipinski definition) is 1. The van der Waals surface area contributed by atoms with Crippen LogP contribution in [0.4, 0.5) is 4.39 Å². The molecule has 0 saturated heterocycles. The minimum Gasteiger partial charge on any atom is -0.497 e. The fourth-order valence-corrected chi connectivity index (χ4v) is 4.87. The molecule has 0 aliphatic rings. The number of amides is 2. The highest BCUT2D eigenvalue weighted by Gasteiger charge is 2.30. The first-order valence-corrected chi connectivity index (χ1v) is 13.7. The van der Waals surface area contributed by atoms with Crippen LogP contribution in [0.1, 0.15) is 36.5 Å². The van der Waals surface area contributed by atoms with Crippen molar-refractivity contribution in [3.8, 4) is 5.75 Å². The summed E-state index contributed by atoms with van der Waals surface area (Å²) in [5.41, 5.74) is 2.39. The third kappa shape index (κ3) is 8.93. The van der Waals surface area contributed by atoms with Gasteiger partial charge >= 0.3 is 0 Å². The highest BCUT2D eigenvalue weighted by atomic mass is 32.2. The van der Waals surface area contributed by atoms with E-state index in [1.165, 1.54) is 17.8 Å². The number of thioether (sulfide) groups is 1. The second-order valence-electron chi connectivity index (χ2n) is 8.81. The van der Waals surface area contributed by atoms with Gasteiger partial charge in [-0.15, -0.1) is 11.8 Å². The molecular formula is C30H35FN2O3S. The van der Waals surface area contributed by atoms with E-state index < -0.39 is 6.04 Å². The zero-order valence-electron chi connectivity index (χ0n) is 21.5. The average molecular weight is 523 g/mol. The Hall–Kier alpha value is -3.32. The van der Waals surface area contributed by atoms with Crippen LogP contribution in [0.25, 0.3) is 0 Å². The Kier molecular flexibility index (Phi) is 11.5. The van der Waals surface area contributed by atoms with Gasteiger partial charge in [-0.05, 0) is 41.3 Å². The monoisotopic (exact) mass is 522 g/mol. The van der Waals surface area contributed by atoms with Crippen LogP contribution in [-0.4, -0.2) is 42.2 Å². The van der Waals surface area contributed by atoms with E-state index in [1.807, 2.05) is 54.6 Å². The van der Waals surface area contributed by atoms with Gasteiger partial charge in [-0.1, -0.05) is 74.0 Å². The average Bonchev–Trinajstić information content (AvgIpc) is 2.92. The lowest BCUT2D eigenvalue weighted by Crippen LogP contribution is -2.51. The Bertz CT molecular complexity index is 1140. The normalized spacial score (nSPS) is 11.5. The van der Waals surface area contributed by atoms with Gasteiger partial charge in [-0.3, -0.25) is 9.59 Å². The molecule has 5 nitrogen and oxygen atoms in total. The largest absolute Gasteiger partial charge is 0.497 e. The van der Waals surface area contributed by atoms with Gasteiger partial charge in [0.1, 0.15) is 17.6 Å². The SMILES string of the molecule is CCCCNC(=O)[C@@H](Cc1ccccc1)N(Cc1cccc(OC)c1)C(=O)CSCc1ccccc1F. The van der Waals surface area contributed by atoms with E-state index in [-0.39, 0.29) is 29.9 Å². The van der Waals surface area contributed by atoms with E-state index in [0.717, 1.165) is 24.0 Å². The second kappa shape index (κ2) is 15.1. The van der Waals surface area contributed by atoms with Crippen LogP contribution in [0.5, 0.6) is 5.75 Å². The zero-order valence-corrected chi connectivity index (χ0v) is 22.3. The van der Waals surface area contributed by atoms with Crippen LogP contribution in [0.3, 0.4) is 0 Å². The van der Waals surface area contributed by atoms with Gasteiger partial charge in [0.05, 0.1) is 12.9 Å². The van der Waals surface area contributed by atoms with Crippen molar-refractivity contribution in [2.24, 2.45) is 0 Å². The number of methoxy groups -OCH3 is 1. The molecular weight excluding hydrogens is 487 g/mol. The van der Waals surface area contributed by atoms with Crippen LogP contribution < -0.4 is 10.1 Å². The van der Waals surface area contributed by atoms with E-state index in [0.29, 0.717) is 30.0 Å². The maximum Gasteiger partial charge on any atom is 0.243 e. The number of nitrogens with one attached hydrogen (secondary N) is 1. The van der Waals surface area contributed by atoms with Gasteiger partial charge in [0.2, 0.25) is 11.8 Å². The molecule has 0 aromatic heterocycles. The zero-order chi connectivity index (χ0) is 26.5. The third-order valence-electron chi connectivity index (χ3n) is 6.03. The lowest BCUT2D eigenvalue weighted by molar-refractivity contribution is -0.139. The molecule has 0 heterocycles. The highest BCUT2D eigenvalue weighted by molar-refractivity contribution is 7.99. The van der Waals surface area contributed by atoms with Crippen LogP contribution in [0.2, 0.25) is 0 Å². The number of benzene rings is 3. The van der Waals surface area contributed by atoms with E-state index in [9.17, 15) is 14.0 Å². The van der Waals surface area contributed by atoms with E-state index in [4.69, 9.17) is 4.74 Å². The lowest BCUT2D eigenvalue weighted by atomic mass is 10.0. The minimum absolute atomic E-state index is 0.131. The first kappa shape index (κ1) is 28.3. The fraction of sp³-hybridized carbons (Fsp3) is 0.333. The summed E-state index contributed by atoms with van der Waals surface area (Å²) in [7, 11) is 1.60. The smallest absolute Gasteiger partial charge is 0.243 e. The highest BCUT2D eigenvalue weighted by Crippen LogP contribution is 2.21. The molecule has 0 aliphatic carbocycles. The molecule has 3 aromatic rings. The van der Waals surface area contributed by atoms with E-state index in [2.05, 4.69) is 12.2 Å². The Morgan fingerprint density at radius 2 is 1.73 bits per heavy atom. The van der Waals surface area contributed by atoms with Crippen molar-refractivity contribution in [1.82, 2.24) is 10.2 Å².